The normalized spacial score (nSPS) is 14.9. The second-order valence-corrected chi connectivity index (χ2v) is 6.03. The van der Waals surface area contributed by atoms with Crippen molar-refractivity contribution in [3.05, 3.63) is 47.8 Å². The Morgan fingerprint density at radius 2 is 1.85 bits per heavy atom. The predicted molar refractivity (Wildman–Crippen MR) is 98.5 cm³/mol. The van der Waals surface area contributed by atoms with E-state index < -0.39 is 0 Å². The van der Waals surface area contributed by atoms with Gasteiger partial charge in [0.05, 0.1) is 13.7 Å². The number of pyridine rings is 2. The summed E-state index contributed by atoms with van der Waals surface area (Å²) in [7, 11) is 1.64. The molecular weight excluding hydrogens is 332 g/mol. The van der Waals surface area contributed by atoms with Crippen LogP contribution in [0, 0.1) is 0 Å². The number of rotatable bonds is 6. The zero-order valence-corrected chi connectivity index (χ0v) is 15.2. The van der Waals surface area contributed by atoms with E-state index in [1.807, 2.05) is 12.1 Å². The van der Waals surface area contributed by atoms with Crippen LogP contribution in [-0.4, -0.2) is 60.7 Å². The third kappa shape index (κ3) is 4.11. The van der Waals surface area contributed by atoms with Crippen LogP contribution in [0.1, 0.15) is 22.8 Å². The van der Waals surface area contributed by atoms with Crippen molar-refractivity contribution in [1.82, 2.24) is 14.9 Å². The molecule has 0 radical (unpaired) electrons. The van der Waals surface area contributed by atoms with Crippen LogP contribution >= 0.6 is 0 Å². The number of carbonyl (C=O) groups excluding carboxylic acids is 1. The maximum absolute atomic E-state index is 12.2. The summed E-state index contributed by atoms with van der Waals surface area (Å²) < 4.78 is 10.5. The van der Waals surface area contributed by atoms with Crippen LogP contribution in [-0.2, 0) is 11.3 Å². The SMILES string of the molecule is CCOC(=O)c1cccnc1N1CCN(Cc2cccnc2OC)CC1. The minimum atomic E-state index is -0.321. The highest BCUT2D eigenvalue weighted by atomic mass is 16.5. The van der Waals surface area contributed by atoms with E-state index in [2.05, 4.69) is 19.8 Å². The summed E-state index contributed by atoms with van der Waals surface area (Å²) in [6, 6.07) is 7.50. The largest absolute Gasteiger partial charge is 0.481 e. The van der Waals surface area contributed by atoms with Crippen molar-refractivity contribution >= 4 is 11.8 Å². The standard InChI is InChI=1S/C19H24N4O3/c1-3-26-19(24)16-7-5-8-20-17(16)23-12-10-22(11-13-23)14-15-6-4-9-21-18(15)25-2/h4-9H,3,10-14H2,1-2H3. The second-order valence-electron chi connectivity index (χ2n) is 6.03. The molecule has 138 valence electrons. The number of hydrogen-bond donors (Lipinski definition) is 0. The lowest BCUT2D eigenvalue weighted by Gasteiger charge is -2.36. The molecule has 1 aliphatic heterocycles. The summed E-state index contributed by atoms with van der Waals surface area (Å²) in [6.07, 6.45) is 3.45. The van der Waals surface area contributed by atoms with Crippen molar-refractivity contribution in [2.45, 2.75) is 13.5 Å². The summed E-state index contributed by atoms with van der Waals surface area (Å²) in [5, 5.41) is 0. The average Bonchev–Trinajstić information content (AvgIpc) is 2.69. The molecule has 0 saturated carbocycles. The van der Waals surface area contributed by atoms with E-state index in [0.29, 0.717) is 23.9 Å². The summed E-state index contributed by atoms with van der Waals surface area (Å²) in [5.74, 6) is 1.05. The fourth-order valence-electron chi connectivity index (χ4n) is 3.10. The van der Waals surface area contributed by atoms with Gasteiger partial charge in [-0.3, -0.25) is 4.90 Å². The van der Waals surface area contributed by atoms with Crippen LogP contribution < -0.4 is 9.64 Å². The molecule has 0 spiro atoms. The average molecular weight is 356 g/mol. The molecule has 26 heavy (non-hydrogen) atoms. The Bertz CT molecular complexity index is 745. The van der Waals surface area contributed by atoms with Gasteiger partial charge in [0.25, 0.3) is 0 Å². The zero-order valence-electron chi connectivity index (χ0n) is 15.2. The first-order valence-electron chi connectivity index (χ1n) is 8.80. The van der Waals surface area contributed by atoms with Crippen LogP contribution in [0.15, 0.2) is 36.7 Å². The number of hydrogen-bond acceptors (Lipinski definition) is 7. The fraction of sp³-hybridized carbons (Fsp3) is 0.421. The van der Waals surface area contributed by atoms with Crippen molar-refractivity contribution in [3.63, 3.8) is 0 Å². The van der Waals surface area contributed by atoms with Crippen molar-refractivity contribution < 1.29 is 14.3 Å². The van der Waals surface area contributed by atoms with Gasteiger partial charge in [0, 0.05) is 50.7 Å². The van der Waals surface area contributed by atoms with E-state index in [1.54, 1.807) is 38.6 Å². The smallest absolute Gasteiger partial charge is 0.341 e. The molecule has 1 fully saturated rings. The van der Waals surface area contributed by atoms with Crippen molar-refractivity contribution in [2.24, 2.45) is 0 Å². The topological polar surface area (TPSA) is 67.8 Å². The molecule has 0 bridgehead atoms. The summed E-state index contributed by atoms with van der Waals surface area (Å²) in [4.78, 5) is 25.3. The molecular formula is C19H24N4O3. The predicted octanol–water partition coefficient (Wildman–Crippen LogP) is 1.98. The summed E-state index contributed by atoms with van der Waals surface area (Å²) in [5.41, 5.74) is 1.60. The van der Waals surface area contributed by atoms with Crippen LogP contribution in [0.2, 0.25) is 0 Å². The Morgan fingerprint density at radius 1 is 1.12 bits per heavy atom. The Kier molecular flexibility index (Phi) is 6.01. The lowest BCUT2D eigenvalue weighted by atomic mass is 10.2. The summed E-state index contributed by atoms with van der Waals surface area (Å²) in [6.45, 7) is 6.29. The molecule has 7 heteroatoms. The lowest BCUT2D eigenvalue weighted by Crippen LogP contribution is -2.46. The second kappa shape index (κ2) is 8.62. The van der Waals surface area contributed by atoms with Gasteiger partial charge in [0.2, 0.25) is 5.88 Å². The molecule has 0 aliphatic carbocycles. The van der Waals surface area contributed by atoms with Gasteiger partial charge in [-0.1, -0.05) is 6.07 Å². The molecule has 1 saturated heterocycles. The van der Waals surface area contributed by atoms with Crippen LogP contribution in [0.5, 0.6) is 5.88 Å². The van der Waals surface area contributed by atoms with Gasteiger partial charge in [-0.05, 0) is 25.1 Å². The van der Waals surface area contributed by atoms with Gasteiger partial charge in [0.1, 0.15) is 11.4 Å². The Labute approximate surface area is 153 Å². The number of anilines is 1. The first-order chi connectivity index (χ1) is 12.7. The minimum Gasteiger partial charge on any atom is -0.481 e. The Hall–Kier alpha value is -2.67. The molecule has 3 rings (SSSR count). The molecule has 2 aromatic rings. The Balaban J connectivity index is 1.65. The zero-order chi connectivity index (χ0) is 18.4. The number of esters is 1. The molecule has 0 unspecified atom stereocenters. The lowest BCUT2D eigenvalue weighted by molar-refractivity contribution is 0.0526. The molecule has 2 aromatic heterocycles. The number of methoxy groups -OCH3 is 1. The van der Waals surface area contributed by atoms with Crippen molar-refractivity contribution in [3.8, 4) is 5.88 Å². The molecule has 7 nitrogen and oxygen atoms in total. The fourth-order valence-corrected chi connectivity index (χ4v) is 3.10. The number of piperazine rings is 1. The maximum Gasteiger partial charge on any atom is 0.341 e. The van der Waals surface area contributed by atoms with E-state index in [1.165, 1.54) is 0 Å². The number of nitrogens with zero attached hydrogens (tertiary/aromatic N) is 4. The van der Waals surface area contributed by atoms with Gasteiger partial charge in [-0.2, -0.15) is 0 Å². The van der Waals surface area contributed by atoms with Gasteiger partial charge in [-0.25, -0.2) is 14.8 Å². The highest BCUT2D eigenvalue weighted by molar-refractivity contribution is 5.94. The van der Waals surface area contributed by atoms with E-state index in [9.17, 15) is 4.79 Å². The summed E-state index contributed by atoms with van der Waals surface area (Å²) >= 11 is 0. The molecule has 1 aliphatic rings. The van der Waals surface area contributed by atoms with Crippen LogP contribution in [0.25, 0.3) is 0 Å². The first kappa shape index (κ1) is 18.1. The van der Waals surface area contributed by atoms with Gasteiger partial charge in [0.15, 0.2) is 0 Å². The Morgan fingerprint density at radius 3 is 2.58 bits per heavy atom. The quantitative estimate of drug-likeness (QED) is 0.733. The van der Waals surface area contributed by atoms with E-state index in [0.717, 1.165) is 38.3 Å². The molecule has 0 aromatic carbocycles. The number of aromatic nitrogens is 2. The minimum absolute atomic E-state index is 0.321. The third-order valence-electron chi connectivity index (χ3n) is 4.39. The molecule has 3 heterocycles. The van der Waals surface area contributed by atoms with Crippen molar-refractivity contribution in [1.29, 1.82) is 0 Å². The molecule has 0 atom stereocenters. The van der Waals surface area contributed by atoms with E-state index in [-0.39, 0.29) is 5.97 Å². The van der Waals surface area contributed by atoms with E-state index >= 15 is 0 Å². The maximum atomic E-state index is 12.2. The third-order valence-corrected chi connectivity index (χ3v) is 4.39. The first-order valence-corrected chi connectivity index (χ1v) is 8.80. The monoisotopic (exact) mass is 356 g/mol. The number of ether oxygens (including phenoxy) is 2. The van der Waals surface area contributed by atoms with Gasteiger partial charge < -0.3 is 14.4 Å². The van der Waals surface area contributed by atoms with Gasteiger partial charge in [-0.15, -0.1) is 0 Å². The van der Waals surface area contributed by atoms with Crippen LogP contribution in [0.4, 0.5) is 5.82 Å². The highest BCUT2D eigenvalue weighted by Crippen LogP contribution is 2.22. The highest BCUT2D eigenvalue weighted by Gasteiger charge is 2.23. The molecule has 0 amide bonds. The number of carbonyl (C=O) groups is 1. The van der Waals surface area contributed by atoms with Crippen LogP contribution in [0.3, 0.4) is 0 Å². The van der Waals surface area contributed by atoms with Gasteiger partial charge >= 0.3 is 5.97 Å². The molecule has 0 N–H and O–H groups in total. The van der Waals surface area contributed by atoms with Crippen molar-refractivity contribution in [2.75, 3.05) is 44.8 Å². The van der Waals surface area contributed by atoms with E-state index in [4.69, 9.17) is 9.47 Å².